The molecule has 0 radical (unpaired) electrons. The molecule has 0 amide bonds. The van der Waals surface area contributed by atoms with Gasteiger partial charge in [0.05, 0.1) is 20.6 Å². The lowest BCUT2D eigenvalue weighted by molar-refractivity contribution is -1.07. The molecule has 0 saturated heterocycles. The molecule has 0 aliphatic heterocycles. The molecule has 0 aliphatic rings. The van der Waals surface area contributed by atoms with E-state index in [1.54, 1.807) is 14.1 Å². The lowest BCUT2D eigenvalue weighted by atomic mass is 10.4. The SMILES string of the molecule is C=C.C[N+](C)(O)CC[CH-][OH+][O-]. The summed E-state index contributed by atoms with van der Waals surface area (Å²) in [5.41, 5.74) is 0. The fourth-order valence-electron chi connectivity index (χ4n) is 0.426. The molecule has 4 nitrogen and oxygen atoms in total. The van der Waals surface area contributed by atoms with E-state index in [-0.39, 0.29) is 4.65 Å². The Morgan fingerprint density at radius 2 is 2.00 bits per heavy atom. The lowest BCUT2D eigenvalue weighted by Gasteiger charge is -2.21. The monoisotopic (exact) mass is 163 g/mol. The molecule has 4 heteroatoms. The first kappa shape index (κ1) is 13.2. The number of nitrogens with zero attached hydrogens (tertiary/aromatic N) is 1. The zero-order valence-electron chi connectivity index (χ0n) is 7.16. The maximum absolute atomic E-state index is 9.50. The molecule has 0 aromatic carbocycles. The zero-order chi connectivity index (χ0) is 9.33. The maximum Gasteiger partial charge on any atom is 0.0980 e. The van der Waals surface area contributed by atoms with Crippen LogP contribution in [0, 0.1) is 6.61 Å². The molecule has 0 bridgehead atoms. The van der Waals surface area contributed by atoms with E-state index in [4.69, 9.17) is 5.21 Å². The minimum atomic E-state index is -0.119. The molecule has 0 aromatic heterocycles. The number of hydrogen-bond donors (Lipinski definition) is 1. The summed E-state index contributed by atoms with van der Waals surface area (Å²) in [6.07, 6.45) is 0.521. The van der Waals surface area contributed by atoms with Crippen molar-refractivity contribution < 1.29 is 20.0 Å². The largest absolute Gasteiger partial charge is 0.588 e. The average Bonchev–Trinajstić information content (AvgIpc) is 1.90. The molecule has 0 rings (SSSR count). The highest BCUT2D eigenvalue weighted by Crippen LogP contribution is 1.93. The van der Waals surface area contributed by atoms with Gasteiger partial charge in [-0.3, -0.25) is 0 Å². The van der Waals surface area contributed by atoms with Crippen molar-refractivity contribution in [3.8, 4) is 0 Å². The quantitative estimate of drug-likeness (QED) is 0.122. The maximum atomic E-state index is 9.50. The van der Waals surface area contributed by atoms with Crippen LogP contribution in [0.1, 0.15) is 6.42 Å². The molecule has 0 aromatic rings. The van der Waals surface area contributed by atoms with Gasteiger partial charge in [0.25, 0.3) is 0 Å². The van der Waals surface area contributed by atoms with Gasteiger partial charge in [0.1, 0.15) is 0 Å². The van der Waals surface area contributed by atoms with Gasteiger partial charge in [-0.15, -0.1) is 13.2 Å². The van der Waals surface area contributed by atoms with Gasteiger partial charge in [-0.2, -0.15) is 4.65 Å². The zero-order valence-corrected chi connectivity index (χ0v) is 7.16. The van der Waals surface area contributed by atoms with E-state index in [1.807, 2.05) is 0 Å². The van der Waals surface area contributed by atoms with E-state index in [1.165, 1.54) is 6.61 Å². The molecule has 0 atom stereocenters. The second-order valence-electron chi connectivity index (χ2n) is 2.42. The van der Waals surface area contributed by atoms with Crippen LogP contribution in [0.4, 0.5) is 0 Å². The second kappa shape index (κ2) is 7.68. The van der Waals surface area contributed by atoms with Gasteiger partial charge in [-0.25, -0.2) is 5.21 Å². The van der Waals surface area contributed by atoms with Crippen LogP contribution in [0.3, 0.4) is 0 Å². The van der Waals surface area contributed by atoms with Crippen molar-refractivity contribution in [2.75, 3.05) is 20.6 Å². The first-order valence-corrected chi connectivity index (χ1v) is 3.26. The smallest absolute Gasteiger partial charge is 0.0980 e. The van der Waals surface area contributed by atoms with E-state index >= 15 is 0 Å². The minimum absolute atomic E-state index is 0.119. The van der Waals surface area contributed by atoms with Crippen LogP contribution in [-0.2, 0) is 0 Å². The van der Waals surface area contributed by atoms with Crippen LogP contribution < -0.4 is 5.26 Å². The first-order chi connectivity index (χ1) is 5.06. The van der Waals surface area contributed by atoms with Crippen LogP contribution in [0.5, 0.6) is 0 Å². The summed E-state index contributed by atoms with van der Waals surface area (Å²) in [5, 5.41) is 18.5. The van der Waals surface area contributed by atoms with E-state index in [0.717, 1.165) is 0 Å². The fraction of sp³-hybridized carbons (Fsp3) is 0.571. The number of rotatable bonds is 4. The molecule has 11 heavy (non-hydrogen) atoms. The molecule has 2 N–H and O–H groups in total. The van der Waals surface area contributed by atoms with Crippen molar-refractivity contribution in [3.63, 3.8) is 0 Å². The highest BCUT2D eigenvalue weighted by molar-refractivity contribution is 4.42. The van der Waals surface area contributed by atoms with Crippen LogP contribution in [-0.4, -0.2) is 35.4 Å². The summed E-state index contributed by atoms with van der Waals surface area (Å²) in [4.78, 5) is 2.54. The topological polar surface area (TPSA) is 56.1 Å². The summed E-state index contributed by atoms with van der Waals surface area (Å²) in [5.74, 6) is 0. The van der Waals surface area contributed by atoms with Crippen molar-refractivity contribution >= 4 is 0 Å². The van der Waals surface area contributed by atoms with Crippen molar-refractivity contribution in [2.24, 2.45) is 0 Å². The number of quaternary nitrogens is 1. The third-order valence-corrected chi connectivity index (χ3v) is 0.880. The predicted octanol–water partition coefficient (Wildman–Crippen LogP) is 0.175. The molecular weight excluding hydrogens is 146 g/mol. The van der Waals surface area contributed by atoms with Gasteiger partial charge < -0.3 is 10.1 Å². The Morgan fingerprint density at radius 3 is 2.27 bits per heavy atom. The molecule has 0 aliphatic carbocycles. The average molecular weight is 163 g/mol. The minimum Gasteiger partial charge on any atom is -0.588 e. The summed E-state index contributed by atoms with van der Waals surface area (Å²) < 4.78 is -0.119. The Labute approximate surface area is 67.8 Å². The highest BCUT2D eigenvalue weighted by Gasteiger charge is 2.05. The van der Waals surface area contributed by atoms with Gasteiger partial charge in [-0.05, 0) is 6.61 Å². The fourth-order valence-corrected chi connectivity index (χ4v) is 0.426. The molecule has 0 saturated carbocycles. The van der Waals surface area contributed by atoms with Gasteiger partial charge in [-0.1, -0.05) is 6.42 Å². The Balaban J connectivity index is 0. The third-order valence-electron chi connectivity index (χ3n) is 0.880. The van der Waals surface area contributed by atoms with E-state index in [2.05, 4.69) is 18.0 Å². The summed E-state index contributed by atoms with van der Waals surface area (Å²) in [6.45, 7) is 7.77. The molecule has 0 spiro atoms. The highest BCUT2D eigenvalue weighted by atomic mass is 17.1. The molecule has 0 fully saturated rings. The number of hydrogen-bond acceptors (Lipinski definition) is 2. The summed E-state index contributed by atoms with van der Waals surface area (Å²) >= 11 is 0. The van der Waals surface area contributed by atoms with Crippen molar-refractivity contribution in [2.45, 2.75) is 6.42 Å². The predicted molar refractivity (Wildman–Crippen MR) is 41.6 cm³/mol. The molecule has 0 heterocycles. The Kier molecular flexibility index (Phi) is 9.21. The number of aliphatic hydroxyl groups is 1. The van der Waals surface area contributed by atoms with E-state index in [0.29, 0.717) is 13.0 Å². The van der Waals surface area contributed by atoms with Gasteiger partial charge in [0, 0.05) is 0 Å². The van der Waals surface area contributed by atoms with Crippen LogP contribution >= 0.6 is 0 Å². The summed E-state index contributed by atoms with van der Waals surface area (Å²) in [6, 6.07) is 0. The van der Waals surface area contributed by atoms with Crippen molar-refractivity contribution in [1.29, 1.82) is 0 Å². The van der Waals surface area contributed by atoms with Gasteiger partial charge in [0.2, 0.25) is 0 Å². The first-order valence-electron chi connectivity index (χ1n) is 3.26. The van der Waals surface area contributed by atoms with E-state index in [9.17, 15) is 5.26 Å². The molecule has 0 unspecified atom stereocenters. The van der Waals surface area contributed by atoms with Crippen LogP contribution in [0.2, 0.25) is 0 Å². The summed E-state index contributed by atoms with van der Waals surface area (Å²) in [7, 11) is 3.28. The number of hydroxylamine groups is 3. The Hall–Kier alpha value is -0.420. The van der Waals surface area contributed by atoms with Crippen LogP contribution in [0.15, 0.2) is 13.2 Å². The normalized spacial score (nSPS) is 10.2. The van der Waals surface area contributed by atoms with Gasteiger partial charge >= 0.3 is 0 Å². The third kappa shape index (κ3) is 17.7. The lowest BCUT2D eigenvalue weighted by Crippen LogP contribution is -2.36. The van der Waals surface area contributed by atoms with Crippen molar-refractivity contribution in [1.82, 2.24) is 0 Å². The Morgan fingerprint density at radius 1 is 1.55 bits per heavy atom. The van der Waals surface area contributed by atoms with Crippen LogP contribution in [0.25, 0.3) is 0 Å². The Bertz CT molecular complexity index is 80.2. The molecular formula is C7H17NO3. The van der Waals surface area contributed by atoms with Gasteiger partial charge in [0.15, 0.2) is 0 Å². The van der Waals surface area contributed by atoms with E-state index < -0.39 is 0 Å². The standard InChI is InChI=1S/C5H13NO3.C2H4/c1-6(2,7)4-3-5-9-8;1-2/h5,7,9H,3-4H2,1-2H3;1-2H2. The van der Waals surface area contributed by atoms with Crippen molar-refractivity contribution in [3.05, 3.63) is 19.8 Å². The molecule has 68 valence electrons. The second-order valence-corrected chi connectivity index (χ2v) is 2.42.